The molecule has 0 heterocycles. The van der Waals surface area contributed by atoms with E-state index in [-0.39, 0.29) is 0 Å². The van der Waals surface area contributed by atoms with Crippen LogP contribution in [0.5, 0.6) is 0 Å². The van der Waals surface area contributed by atoms with E-state index >= 15 is 0 Å². The summed E-state index contributed by atoms with van der Waals surface area (Å²) in [6, 6.07) is 6.62. The molecule has 0 spiro atoms. The van der Waals surface area contributed by atoms with Crippen LogP contribution in [0.4, 0.5) is 5.69 Å². The molecule has 0 aliphatic heterocycles. The molecule has 1 aromatic rings. The third-order valence-corrected chi connectivity index (χ3v) is 4.35. The van der Waals surface area contributed by atoms with Gasteiger partial charge >= 0.3 is 0 Å². The first kappa shape index (κ1) is 13.2. The van der Waals surface area contributed by atoms with E-state index in [2.05, 4.69) is 34.2 Å². The molecular weight excluding hydrogens is 298 g/mol. The fraction of sp³-hybridized carbons (Fsp3) is 0.571. The van der Waals surface area contributed by atoms with Gasteiger partial charge in [-0.1, -0.05) is 47.3 Å². The van der Waals surface area contributed by atoms with Gasteiger partial charge in [0.25, 0.3) is 0 Å². The quantitative estimate of drug-likeness (QED) is 0.712. The highest BCUT2D eigenvalue weighted by Crippen LogP contribution is 2.29. The summed E-state index contributed by atoms with van der Waals surface area (Å²) in [5.41, 5.74) is 1.06. The molecule has 0 aromatic heterocycles. The van der Waals surface area contributed by atoms with Gasteiger partial charge in [-0.15, -0.1) is 0 Å². The topological polar surface area (TPSA) is 12.0 Å². The first-order valence-electron chi connectivity index (χ1n) is 6.37. The van der Waals surface area contributed by atoms with Crippen molar-refractivity contribution in [1.82, 2.24) is 0 Å². The standard InChI is InChI=1S/C14H19BrClN/c1-10-3-2-4-12(7-5-10)17-14-8-6-11(15)9-13(14)16/h6,8-10,12,17H,2-5,7H2,1H3. The predicted octanol–water partition coefficient (Wildman–Crippen LogP) is 5.48. The fourth-order valence-electron chi connectivity index (χ4n) is 2.46. The molecule has 0 bridgehead atoms. The van der Waals surface area contributed by atoms with E-state index in [1.54, 1.807) is 0 Å². The maximum atomic E-state index is 6.23. The molecule has 1 aliphatic carbocycles. The molecule has 17 heavy (non-hydrogen) atoms. The number of hydrogen-bond donors (Lipinski definition) is 1. The van der Waals surface area contributed by atoms with Crippen LogP contribution in [0.15, 0.2) is 22.7 Å². The Bertz CT molecular complexity index is 380. The van der Waals surface area contributed by atoms with Crippen molar-refractivity contribution in [3.05, 3.63) is 27.7 Å². The first-order chi connectivity index (χ1) is 8.15. The Balaban J connectivity index is 2.00. The molecule has 1 aromatic carbocycles. The van der Waals surface area contributed by atoms with Crippen molar-refractivity contribution in [3.8, 4) is 0 Å². The van der Waals surface area contributed by atoms with Crippen LogP contribution in [0.3, 0.4) is 0 Å². The zero-order chi connectivity index (χ0) is 12.3. The second kappa shape index (κ2) is 6.10. The highest BCUT2D eigenvalue weighted by atomic mass is 79.9. The summed E-state index contributed by atoms with van der Waals surface area (Å²) in [5, 5.41) is 4.39. The maximum absolute atomic E-state index is 6.23. The summed E-state index contributed by atoms with van der Waals surface area (Å²) in [6.45, 7) is 2.36. The number of hydrogen-bond acceptors (Lipinski definition) is 1. The molecule has 0 amide bonds. The summed E-state index contributed by atoms with van der Waals surface area (Å²) >= 11 is 9.66. The number of halogens is 2. The summed E-state index contributed by atoms with van der Waals surface area (Å²) in [4.78, 5) is 0. The molecule has 2 atom stereocenters. The second-order valence-electron chi connectivity index (χ2n) is 5.08. The monoisotopic (exact) mass is 315 g/mol. The zero-order valence-corrected chi connectivity index (χ0v) is 12.5. The van der Waals surface area contributed by atoms with E-state index in [9.17, 15) is 0 Å². The van der Waals surface area contributed by atoms with Gasteiger partial charge in [0.2, 0.25) is 0 Å². The van der Waals surface area contributed by atoms with Gasteiger partial charge in [-0.05, 0) is 43.4 Å². The lowest BCUT2D eigenvalue weighted by atomic mass is 10.0. The first-order valence-corrected chi connectivity index (χ1v) is 7.54. The minimum absolute atomic E-state index is 0.582. The van der Waals surface area contributed by atoms with Crippen molar-refractivity contribution in [2.45, 2.75) is 45.1 Å². The Morgan fingerprint density at radius 3 is 2.82 bits per heavy atom. The molecule has 1 aliphatic rings. The van der Waals surface area contributed by atoms with E-state index in [1.807, 2.05) is 12.1 Å². The van der Waals surface area contributed by atoms with Crippen molar-refractivity contribution in [2.75, 3.05) is 5.32 Å². The van der Waals surface area contributed by atoms with Gasteiger partial charge in [0.05, 0.1) is 10.7 Å². The lowest BCUT2D eigenvalue weighted by Crippen LogP contribution is -2.18. The fourth-order valence-corrected chi connectivity index (χ4v) is 3.19. The molecule has 2 unspecified atom stereocenters. The van der Waals surface area contributed by atoms with Crippen LogP contribution in [0.2, 0.25) is 5.02 Å². The van der Waals surface area contributed by atoms with Gasteiger partial charge in [0, 0.05) is 10.5 Å². The van der Waals surface area contributed by atoms with Crippen LogP contribution in [-0.2, 0) is 0 Å². The third-order valence-electron chi connectivity index (χ3n) is 3.55. The van der Waals surface area contributed by atoms with E-state index in [1.165, 1.54) is 32.1 Å². The Kier molecular flexibility index (Phi) is 4.75. The Morgan fingerprint density at radius 2 is 2.06 bits per heavy atom. The largest absolute Gasteiger partial charge is 0.381 e. The second-order valence-corrected chi connectivity index (χ2v) is 6.40. The van der Waals surface area contributed by atoms with Crippen molar-refractivity contribution in [3.63, 3.8) is 0 Å². The summed E-state index contributed by atoms with van der Waals surface area (Å²) in [7, 11) is 0. The number of rotatable bonds is 2. The van der Waals surface area contributed by atoms with Crippen molar-refractivity contribution in [2.24, 2.45) is 5.92 Å². The van der Waals surface area contributed by atoms with E-state index < -0.39 is 0 Å². The average Bonchev–Trinajstić information content (AvgIpc) is 2.48. The predicted molar refractivity (Wildman–Crippen MR) is 78.8 cm³/mol. The zero-order valence-electron chi connectivity index (χ0n) is 10.2. The van der Waals surface area contributed by atoms with Crippen LogP contribution >= 0.6 is 27.5 Å². The lowest BCUT2D eigenvalue weighted by Gasteiger charge is -2.18. The smallest absolute Gasteiger partial charge is 0.0648 e. The normalized spacial score (nSPS) is 25.4. The van der Waals surface area contributed by atoms with Crippen LogP contribution in [0.1, 0.15) is 39.0 Å². The van der Waals surface area contributed by atoms with Crippen LogP contribution < -0.4 is 5.32 Å². The van der Waals surface area contributed by atoms with Gasteiger partial charge in [-0.2, -0.15) is 0 Å². The lowest BCUT2D eigenvalue weighted by molar-refractivity contribution is 0.502. The van der Waals surface area contributed by atoms with E-state index in [0.29, 0.717) is 6.04 Å². The van der Waals surface area contributed by atoms with Crippen LogP contribution in [-0.4, -0.2) is 6.04 Å². The van der Waals surface area contributed by atoms with E-state index in [0.717, 1.165) is 21.1 Å². The van der Waals surface area contributed by atoms with Crippen LogP contribution in [0.25, 0.3) is 0 Å². The van der Waals surface area contributed by atoms with E-state index in [4.69, 9.17) is 11.6 Å². The maximum Gasteiger partial charge on any atom is 0.0648 e. The molecule has 0 saturated heterocycles. The SMILES string of the molecule is CC1CCCC(Nc2ccc(Br)cc2Cl)CC1. The van der Waals surface area contributed by atoms with Gasteiger partial charge in [-0.3, -0.25) is 0 Å². The number of benzene rings is 1. The van der Waals surface area contributed by atoms with Gasteiger partial charge in [0.15, 0.2) is 0 Å². The molecular formula is C14H19BrClN. The Hall–Kier alpha value is -0.210. The highest BCUT2D eigenvalue weighted by Gasteiger charge is 2.16. The van der Waals surface area contributed by atoms with Gasteiger partial charge in [-0.25, -0.2) is 0 Å². The minimum atomic E-state index is 0.582. The molecule has 2 rings (SSSR count). The third kappa shape index (κ3) is 3.89. The molecule has 1 fully saturated rings. The van der Waals surface area contributed by atoms with Gasteiger partial charge in [0.1, 0.15) is 0 Å². The van der Waals surface area contributed by atoms with Crippen molar-refractivity contribution < 1.29 is 0 Å². The van der Waals surface area contributed by atoms with Crippen molar-refractivity contribution in [1.29, 1.82) is 0 Å². The number of anilines is 1. The summed E-state index contributed by atoms with van der Waals surface area (Å²) in [6.07, 6.45) is 6.54. The number of nitrogens with one attached hydrogen (secondary N) is 1. The molecule has 1 saturated carbocycles. The van der Waals surface area contributed by atoms with Crippen LogP contribution in [0, 0.1) is 5.92 Å². The van der Waals surface area contributed by atoms with Gasteiger partial charge < -0.3 is 5.32 Å². The summed E-state index contributed by atoms with van der Waals surface area (Å²) in [5.74, 6) is 0.877. The molecule has 3 heteroatoms. The molecule has 1 N–H and O–H groups in total. The summed E-state index contributed by atoms with van der Waals surface area (Å²) < 4.78 is 1.03. The average molecular weight is 317 g/mol. The molecule has 94 valence electrons. The molecule has 1 nitrogen and oxygen atoms in total. The highest BCUT2D eigenvalue weighted by molar-refractivity contribution is 9.10. The van der Waals surface area contributed by atoms with Crippen molar-refractivity contribution >= 4 is 33.2 Å². The molecule has 0 radical (unpaired) electrons. The Labute approximate surface area is 117 Å². The minimum Gasteiger partial charge on any atom is -0.381 e. The Morgan fingerprint density at radius 1 is 1.24 bits per heavy atom.